The maximum Gasteiger partial charge on any atom is 0.232 e. The third kappa shape index (κ3) is 4.75. The monoisotopic (exact) mass is 399 g/mol. The number of ether oxygens (including phenoxy) is 2. The molecule has 0 radical (unpaired) electrons. The fourth-order valence-electron chi connectivity index (χ4n) is 4.37. The highest BCUT2D eigenvalue weighted by molar-refractivity contribution is 5.76. The summed E-state index contributed by atoms with van der Waals surface area (Å²) < 4.78 is 14.1. The van der Waals surface area contributed by atoms with Crippen molar-refractivity contribution >= 4 is 5.91 Å². The number of hydrogen-bond donors (Lipinski definition) is 0. The van der Waals surface area contributed by atoms with E-state index >= 15 is 0 Å². The van der Waals surface area contributed by atoms with Crippen LogP contribution in [0.3, 0.4) is 0 Å². The minimum atomic E-state index is -0.197. The molecule has 0 saturated carbocycles. The molecule has 2 saturated heterocycles. The Labute approximate surface area is 171 Å². The molecule has 4 rings (SSSR count). The van der Waals surface area contributed by atoms with Crippen LogP contribution in [0, 0.1) is 13.8 Å². The van der Waals surface area contributed by atoms with Crippen molar-refractivity contribution in [1.29, 1.82) is 0 Å². The average Bonchev–Trinajstić information content (AvgIpc) is 3.04. The van der Waals surface area contributed by atoms with Crippen LogP contribution in [0.4, 0.5) is 0 Å². The smallest absolute Gasteiger partial charge is 0.232 e. The average molecular weight is 399 g/mol. The molecule has 2 aliphatic heterocycles. The van der Waals surface area contributed by atoms with Crippen LogP contribution in [0.1, 0.15) is 43.5 Å². The van der Waals surface area contributed by atoms with E-state index in [-0.39, 0.29) is 17.6 Å². The molecule has 1 spiro atoms. The summed E-state index contributed by atoms with van der Waals surface area (Å²) in [5.74, 6) is 0.752. The molecular formula is C21H29N5O3. The minimum absolute atomic E-state index is 0.0775. The van der Waals surface area contributed by atoms with Crippen molar-refractivity contribution in [2.45, 2.75) is 64.2 Å². The largest absolute Gasteiger partial charge is 0.473 e. The van der Waals surface area contributed by atoms with Gasteiger partial charge in [-0.05, 0) is 32.8 Å². The molecule has 2 aromatic heterocycles. The molecule has 2 aliphatic rings. The Morgan fingerprint density at radius 1 is 1.31 bits per heavy atom. The van der Waals surface area contributed by atoms with Crippen LogP contribution < -0.4 is 4.74 Å². The molecule has 1 unspecified atom stereocenters. The highest BCUT2D eigenvalue weighted by Crippen LogP contribution is 2.36. The van der Waals surface area contributed by atoms with Gasteiger partial charge in [0.2, 0.25) is 11.8 Å². The summed E-state index contributed by atoms with van der Waals surface area (Å²) in [5.41, 5.74) is 1.89. The Morgan fingerprint density at radius 3 is 2.83 bits per heavy atom. The zero-order valence-corrected chi connectivity index (χ0v) is 17.2. The second-order valence-corrected chi connectivity index (χ2v) is 8.09. The van der Waals surface area contributed by atoms with Gasteiger partial charge in [-0.25, -0.2) is 4.98 Å². The first-order valence-corrected chi connectivity index (χ1v) is 10.4. The van der Waals surface area contributed by atoms with Crippen LogP contribution in [0.2, 0.25) is 0 Å². The van der Waals surface area contributed by atoms with E-state index in [1.165, 1.54) is 0 Å². The topological polar surface area (TPSA) is 82.4 Å². The van der Waals surface area contributed by atoms with Gasteiger partial charge in [-0.2, -0.15) is 5.10 Å². The number of piperidine rings is 1. The Hall–Kier alpha value is -2.48. The molecule has 1 atom stereocenters. The molecule has 0 N–H and O–H groups in total. The summed E-state index contributed by atoms with van der Waals surface area (Å²) in [6, 6.07) is 2.04. The van der Waals surface area contributed by atoms with Gasteiger partial charge in [0.25, 0.3) is 0 Å². The van der Waals surface area contributed by atoms with E-state index in [0.717, 1.165) is 50.2 Å². The summed E-state index contributed by atoms with van der Waals surface area (Å²) in [4.78, 5) is 22.9. The van der Waals surface area contributed by atoms with Gasteiger partial charge in [0.15, 0.2) is 0 Å². The highest BCUT2D eigenvalue weighted by atomic mass is 16.5. The quantitative estimate of drug-likeness (QED) is 0.767. The summed E-state index contributed by atoms with van der Waals surface area (Å²) >= 11 is 0. The predicted molar refractivity (Wildman–Crippen MR) is 106 cm³/mol. The third-order valence-corrected chi connectivity index (χ3v) is 5.94. The molecule has 8 heteroatoms. The number of carbonyl (C=O) groups excluding carboxylic acids is 1. The zero-order valence-electron chi connectivity index (χ0n) is 17.2. The fraction of sp³-hybridized carbons (Fsp3) is 0.619. The molecule has 156 valence electrons. The van der Waals surface area contributed by atoms with Crippen LogP contribution in [0.5, 0.6) is 5.88 Å². The highest BCUT2D eigenvalue weighted by Gasteiger charge is 2.42. The number of rotatable bonds is 5. The maximum absolute atomic E-state index is 12.7. The van der Waals surface area contributed by atoms with Gasteiger partial charge in [-0.1, -0.05) is 0 Å². The number of aromatic nitrogens is 4. The number of amides is 1. The lowest BCUT2D eigenvalue weighted by Crippen LogP contribution is -2.52. The molecule has 4 heterocycles. The minimum Gasteiger partial charge on any atom is -0.473 e. The second kappa shape index (κ2) is 8.49. The molecule has 2 fully saturated rings. The van der Waals surface area contributed by atoms with E-state index in [4.69, 9.17) is 9.47 Å². The molecule has 0 aliphatic carbocycles. The summed E-state index contributed by atoms with van der Waals surface area (Å²) in [6.45, 7) is 6.76. The number of carbonyl (C=O) groups is 1. The Morgan fingerprint density at radius 2 is 2.14 bits per heavy atom. The van der Waals surface area contributed by atoms with Gasteiger partial charge in [0, 0.05) is 57.0 Å². The predicted octanol–water partition coefficient (Wildman–Crippen LogP) is 2.30. The van der Waals surface area contributed by atoms with Crippen molar-refractivity contribution in [1.82, 2.24) is 24.6 Å². The number of aryl methyl sites for hydroxylation is 3. The molecule has 1 amide bonds. The van der Waals surface area contributed by atoms with Crippen molar-refractivity contribution in [3.63, 3.8) is 0 Å². The summed E-state index contributed by atoms with van der Waals surface area (Å²) in [5, 5.41) is 4.44. The van der Waals surface area contributed by atoms with Crippen LogP contribution in [-0.4, -0.2) is 62.0 Å². The van der Waals surface area contributed by atoms with Gasteiger partial charge in [0.1, 0.15) is 6.10 Å². The SMILES string of the molecule is Cc1cc(C)n(CCC(=O)N2CCC3(CC2)CC(Oc2cnccn2)CCO3)n1. The first kappa shape index (κ1) is 19.8. The van der Waals surface area contributed by atoms with Gasteiger partial charge in [0.05, 0.1) is 24.1 Å². The zero-order chi connectivity index (χ0) is 20.3. The summed E-state index contributed by atoms with van der Waals surface area (Å²) in [6.07, 6.45) is 8.86. The van der Waals surface area contributed by atoms with Crippen molar-refractivity contribution in [3.05, 3.63) is 36.0 Å². The Bertz CT molecular complexity index is 830. The van der Waals surface area contributed by atoms with Crippen molar-refractivity contribution in [2.75, 3.05) is 19.7 Å². The van der Waals surface area contributed by atoms with Gasteiger partial charge in [-0.3, -0.25) is 14.5 Å². The van der Waals surface area contributed by atoms with Crippen LogP contribution in [0.15, 0.2) is 24.7 Å². The van der Waals surface area contributed by atoms with Crippen LogP contribution in [-0.2, 0) is 16.1 Å². The van der Waals surface area contributed by atoms with E-state index in [0.29, 0.717) is 25.5 Å². The third-order valence-electron chi connectivity index (χ3n) is 5.94. The van der Waals surface area contributed by atoms with E-state index in [1.807, 2.05) is 29.5 Å². The van der Waals surface area contributed by atoms with E-state index in [1.54, 1.807) is 18.6 Å². The Balaban J connectivity index is 1.27. The van der Waals surface area contributed by atoms with Crippen molar-refractivity contribution < 1.29 is 14.3 Å². The molecule has 29 heavy (non-hydrogen) atoms. The summed E-state index contributed by atoms with van der Waals surface area (Å²) in [7, 11) is 0. The maximum atomic E-state index is 12.7. The normalized spacial score (nSPS) is 21.3. The van der Waals surface area contributed by atoms with Crippen molar-refractivity contribution in [3.8, 4) is 5.88 Å². The van der Waals surface area contributed by atoms with Crippen LogP contribution >= 0.6 is 0 Å². The van der Waals surface area contributed by atoms with E-state index in [2.05, 4.69) is 15.1 Å². The van der Waals surface area contributed by atoms with E-state index < -0.39 is 0 Å². The van der Waals surface area contributed by atoms with Crippen molar-refractivity contribution in [2.24, 2.45) is 0 Å². The van der Waals surface area contributed by atoms with E-state index in [9.17, 15) is 4.79 Å². The van der Waals surface area contributed by atoms with Gasteiger partial charge < -0.3 is 14.4 Å². The first-order valence-electron chi connectivity index (χ1n) is 10.4. The standard InChI is InChI=1S/C21H29N5O3/c1-16-13-17(2)26(24-16)9-3-20(27)25-10-5-21(6-11-25)14-18(4-12-28-21)29-19-15-22-7-8-23-19/h7-8,13,15,18H,3-6,9-12,14H2,1-2H3. The number of likely N-dealkylation sites (tertiary alicyclic amines) is 1. The molecule has 8 nitrogen and oxygen atoms in total. The second-order valence-electron chi connectivity index (χ2n) is 8.09. The lowest BCUT2D eigenvalue weighted by Gasteiger charge is -2.45. The van der Waals surface area contributed by atoms with Gasteiger partial charge >= 0.3 is 0 Å². The Kier molecular flexibility index (Phi) is 5.80. The molecule has 0 aromatic carbocycles. The number of nitrogens with zero attached hydrogens (tertiary/aromatic N) is 5. The fourth-order valence-corrected chi connectivity index (χ4v) is 4.37. The lowest BCUT2D eigenvalue weighted by molar-refractivity contribution is -0.151. The first-order chi connectivity index (χ1) is 14.0. The number of hydrogen-bond acceptors (Lipinski definition) is 6. The van der Waals surface area contributed by atoms with Crippen LogP contribution in [0.25, 0.3) is 0 Å². The molecule has 2 aromatic rings. The molecule has 0 bridgehead atoms. The molecular weight excluding hydrogens is 370 g/mol. The van der Waals surface area contributed by atoms with Gasteiger partial charge in [-0.15, -0.1) is 0 Å². The lowest BCUT2D eigenvalue weighted by atomic mass is 9.83.